The minimum absolute atomic E-state index is 0.150. The first kappa shape index (κ1) is 10.4. The molecule has 0 amide bonds. The molecule has 4 heteroatoms. The Morgan fingerprint density at radius 3 is 2.40 bits per heavy atom. The Bertz CT molecular complexity index is 85.1. The lowest BCUT2D eigenvalue weighted by molar-refractivity contribution is -0.156. The quantitative estimate of drug-likeness (QED) is 0.549. The van der Waals surface area contributed by atoms with E-state index in [4.69, 9.17) is 9.47 Å². The second-order valence-corrected chi connectivity index (χ2v) is 3.00. The van der Waals surface area contributed by atoms with E-state index in [1.807, 2.05) is 6.92 Å². The van der Waals surface area contributed by atoms with E-state index in [0.717, 1.165) is 0 Å². The molecule has 0 bridgehead atoms. The Kier molecular flexibility index (Phi) is 5.25. The lowest BCUT2D eigenvalue weighted by atomic mass is 10.6. The zero-order valence-corrected chi connectivity index (χ0v) is 7.85. The van der Waals surface area contributed by atoms with Crippen molar-refractivity contribution in [2.75, 3.05) is 19.8 Å². The Morgan fingerprint density at radius 1 is 1.40 bits per heavy atom. The van der Waals surface area contributed by atoms with E-state index in [0.29, 0.717) is 13.2 Å². The van der Waals surface area contributed by atoms with Crippen molar-refractivity contribution in [3.63, 3.8) is 0 Å². The third-order valence-electron chi connectivity index (χ3n) is 0.850. The maximum Gasteiger partial charge on any atom is 0.248 e. The molecule has 0 aromatic carbocycles. The number of halogens is 1. The summed E-state index contributed by atoms with van der Waals surface area (Å²) < 4.78 is 8.50. The van der Waals surface area contributed by atoms with Crippen molar-refractivity contribution in [1.82, 2.24) is 0 Å². The van der Waals surface area contributed by atoms with Crippen molar-refractivity contribution >= 4 is 15.9 Å². The summed E-state index contributed by atoms with van der Waals surface area (Å²) in [4.78, 5) is 0. The Labute approximate surface area is 69.5 Å². The highest BCUT2D eigenvalue weighted by atomic mass is 79.9. The maximum atomic E-state index is 9.22. The summed E-state index contributed by atoms with van der Waals surface area (Å²) in [6.45, 7) is 4.83. The van der Waals surface area contributed by atoms with Crippen molar-refractivity contribution in [2.45, 2.75) is 18.5 Å². The molecule has 1 N–H and O–H groups in total. The largest absolute Gasteiger partial charge is 0.375 e. The molecule has 0 saturated heterocycles. The predicted octanol–water partition coefficient (Wildman–Crippen LogP) is 1.10. The molecule has 0 aliphatic heterocycles. The number of aliphatic hydroxyl groups is 1. The summed E-state index contributed by atoms with van der Waals surface area (Å²) in [5, 5.41) is 9.22. The third kappa shape index (κ3) is 5.17. The number of alkyl halides is 1. The fourth-order valence-corrected chi connectivity index (χ4v) is 0.882. The van der Waals surface area contributed by atoms with Gasteiger partial charge in [0.25, 0.3) is 0 Å². The zero-order chi connectivity index (χ0) is 8.04. The average molecular weight is 213 g/mol. The molecule has 0 rings (SSSR count). The van der Waals surface area contributed by atoms with Crippen LogP contribution in [-0.4, -0.2) is 29.6 Å². The van der Waals surface area contributed by atoms with Crippen LogP contribution >= 0.6 is 15.9 Å². The minimum Gasteiger partial charge on any atom is -0.375 e. The normalized spacial score (nSPS) is 16.8. The van der Waals surface area contributed by atoms with Crippen LogP contribution in [0.4, 0.5) is 0 Å². The van der Waals surface area contributed by atoms with Crippen molar-refractivity contribution in [3.05, 3.63) is 0 Å². The molecule has 0 radical (unpaired) electrons. The maximum absolute atomic E-state index is 9.22. The van der Waals surface area contributed by atoms with Gasteiger partial charge in [0.05, 0.1) is 0 Å². The average Bonchev–Trinajstić information content (AvgIpc) is 1.84. The van der Waals surface area contributed by atoms with Gasteiger partial charge in [0.1, 0.15) is 6.61 Å². The van der Waals surface area contributed by atoms with Crippen LogP contribution in [0.5, 0.6) is 0 Å². The SMILES string of the molecule is CCOCC(O)(Br)OCC. The summed E-state index contributed by atoms with van der Waals surface area (Å²) >= 11 is 2.95. The first-order chi connectivity index (χ1) is 4.62. The number of hydrogen-bond donors (Lipinski definition) is 1. The summed E-state index contributed by atoms with van der Waals surface area (Å²) in [5.41, 5.74) is 0. The molecular weight excluding hydrogens is 200 g/mol. The summed E-state index contributed by atoms with van der Waals surface area (Å²) in [6.07, 6.45) is 0. The van der Waals surface area contributed by atoms with Crippen molar-refractivity contribution in [3.8, 4) is 0 Å². The summed E-state index contributed by atoms with van der Waals surface area (Å²) in [6, 6.07) is 0. The molecule has 1 unspecified atom stereocenters. The van der Waals surface area contributed by atoms with Gasteiger partial charge in [-0.2, -0.15) is 0 Å². The first-order valence-electron chi connectivity index (χ1n) is 3.25. The van der Waals surface area contributed by atoms with Crippen LogP contribution in [0.15, 0.2) is 0 Å². The van der Waals surface area contributed by atoms with Crippen molar-refractivity contribution < 1.29 is 14.6 Å². The molecule has 0 spiro atoms. The van der Waals surface area contributed by atoms with E-state index in [1.54, 1.807) is 6.92 Å². The van der Waals surface area contributed by atoms with E-state index in [1.165, 1.54) is 0 Å². The van der Waals surface area contributed by atoms with Gasteiger partial charge in [0.15, 0.2) is 0 Å². The van der Waals surface area contributed by atoms with Gasteiger partial charge in [-0.1, -0.05) is 0 Å². The molecule has 10 heavy (non-hydrogen) atoms. The van der Waals surface area contributed by atoms with Gasteiger partial charge < -0.3 is 14.6 Å². The molecule has 0 saturated carbocycles. The smallest absolute Gasteiger partial charge is 0.248 e. The van der Waals surface area contributed by atoms with Gasteiger partial charge in [-0.25, -0.2) is 0 Å². The van der Waals surface area contributed by atoms with E-state index >= 15 is 0 Å². The van der Waals surface area contributed by atoms with Gasteiger partial charge in [0.2, 0.25) is 4.70 Å². The van der Waals surface area contributed by atoms with Crippen molar-refractivity contribution in [1.29, 1.82) is 0 Å². The van der Waals surface area contributed by atoms with Crippen molar-refractivity contribution in [2.24, 2.45) is 0 Å². The van der Waals surface area contributed by atoms with E-state index in [2.05, 4.69) is 15.9 Å². The summed E-state index contributed by atoms with van der Waals surface area (Å²) in [5.74, 6) is 0. The Balaban J connectivity index is 3.42. The molecular formula is C6H13BrO3. The van der Waals surface area contributed by atoms with Crippen LogP contribution in [0.1, 0.15) is 13.8 Å². The van der Waals surface area contributed by atoms with Crippen LogP contribution in [0.25, 0.3) is 0 Å². The third-order valence-corrected chi connectivity index (χ3v) is 1.31. The minimum atomic E-state index is -1.31. The van der Waals surface area contributed by atoms with Gasteiger partial charge in [-0.15, -0.1) is 0 Å². The number of rotatable bonds is 5. The highest BCUT2D eigenvalue weighted by Crippen LogP contribution is 2.15. The van der Waals surface area contributed by atoms with Crippen LogP contribution in [0.2, 0.25) is 0 Å². The fourth-order valence-electron chi connectivity index (χ4n) is 0.491. The predicted molar refractivity (Wildman–Crippen MR) is 42.0 cm³/mol. The monoisotopic (exact) mass is 212 g/mol. The first-order valence-corrected chi connectivity index (χ1v) is 4.04. The highest BCUT2D eigenvalue weighted by molar-refractivity contribution is 9.10. The molecule has 0 fully saturated rings. The van der Waals surface area contributed by atoms with Gasteiger partial charge >= 0.3 is 0 Å². The Hall–Kier alpha value is 0.360. The lowest BCUT2D eigenvalue weighted by Gasteiger charge is -2.19. The van der Waals surface area contributed by atoms with E-state index < -0.39 is 4.70 Å². The lowest BCUT2D eigenvalue weighted by Crippen LogP contribution is -2.30. The molecule has 62 valence electrons. The van der Waals surface area contributed by atoms with Crippen LogP contribution in [0, 0.1) is 0 Å². The molecule has 1 atom stereocenters. The standard InChI is InChI=1S/C6H13BrO3/c1-3-9-5-6(7,8)10-4-2/h8H,3-5H2,1-2H3. The van der Waals surface area contributed by atoms with Crippen LogP contribution in [-0.2, 0) is 9.47 Å². The summed E-state index contributed by atoms with van der Waals surface area (Å²) in [7, 11) is 0. The van der Waals surface area contributed by atoms with E-state index in [-0.39, 0.29) is 6.61 Å². The highest BCUT2D eigenvalue weighted by Gasteiger charge is 2.22. The molecule has 0 aliphatic carbocycles. The molecule has 3 nitrogen and oxygen atoms in total. The zero-order valence-electron chi connectivity index (χ0n) is 6.26. The number of hydrogen-bond acceptors (Lipinski definition) is 3. The van der Waals surface area contributed by atoms with E-state index in [9.17, 15) is 5.11 Å². The van der Waals surface area contributed by atoms with Crippen LogP contribution in [0.3, 0.4) is 0 Å². The van der Waals surface area contributed by atoms with Crippen LogP contribution < -0.4 is 0 Å². The molecule has 0 aromatic heterocycles. The second-order valence-electron chi connectivity index (χ2n) is 1.76. The Morgan fingerprint density at radius 2 is 2.00 bits per heavy atom. The van der Waals surface area contributed by atoms with Gasteiger partial charge in [-0.3, -0.25) is 0 Å². The van der Waals surface area contributed by atoms with Gasteiger partial charge in [0, 0.05) is 13.2 Å². The molecule has 0 aromatic rings. The molecule has 0 heterocycles. The topological polar surface area (TPSA) is 38.7 Å². The number of ether oxygens (including phenoxy) is 2. The van der Waals surface area contributed by atoms with Gasteiger partial charge in [-0.05, 0) is 29.8 Å². The fraction of sp³-hybridized carbons (Fsp3) is 1.00. The second kappa shape index (κ2) is 5.07. The molecule has 0 aliphatic rings.